The second-order valence-electron chi connectivity index (χ2n) is 2.79. The SMILES string of the molecule is CCOC(=O)c1cccc(OCCI)c1. The van der Waals surface area contributed by atoms with Gasteiger partial charge < -0.3 is 9.47 Å². The number of carbonyl (C=O) groups excluding carboxylic acids is 1. The number of halogens is 1. The molecule has 0 saturated heterocycles. The van der Waals surface area contributed by atoms with Crippen molar-refractivity contribution < 1.29 is 14.3 Å². The van der Waals surface area contributed by atoms with E-state index in [-0.39, 0.29) is 5.97 Å². The summed E-state index contributed by atoms with van der Waals surface area (Å²) < 4.78 is 11.2. The van der Waals surface area contributed by atoms with Gasteiger partial charge in [0.05, 0.1) is 18.8 Å². The van der Waals surface area contributed by atoms with Gasteiger partial charge in [-0.25, -0.2) is 4.79 Å². The summed E-state index contributed by atoms with van der Waals surface area (Å²) in [7, 11) is 0. The minimum atomic E-state index is -0.308. The number of alkyl halides is 1. The zero-order valence-electron chi connectivity index (χ0n) is 8.53. The zero-order chi connectivity index (χ0) is 11.1. The molecule has 4 heteroatoms. The van der Waals surface area contributed by atoms with Gasteiger partial charge in [-0.15, -0.1) is 0 Å². The number of hydrogen-bond acceptors (Lipinski definition) is 3. The number of benzene rings is 1. The molecule has 3 nitrogen and oxygen atoms in total. The Morgan fingerprint density at radius 2 is 2.27 bits per heavy atom. The Balaban J connectivity index is 2.69. The van der Waals surface area contributed by atoms with E-state index in [9.17, 15) is 4.79 Å². The van der Waals surface area contributed by atoms with Crippen molar-refractivity contribution in [2.75, 3.05) is 17.6 Å². The third kappa shape index (κ3) is 4.07. The first-order chi connectivity index (χ1) is 7.27. The van der Waals surface area contributed by atoms with E-state index in [2.05, 4.69) is 22.6 Å². The van der Waals surface area contributed by atoms with Gasteiger partial charge in [0.2, 0.25) is 0 Å². The van der Waals surface area contributed by atoms with Crippen molar-refractivity contribution in [3.05, 3.63) is 29.8 Å². The van der Waals surface area contributed by atoms with Gasteiger partial charge in [0.1, 0.15) is 5.75 Å². The summed E-state index contributed by atoms with van der Waals surface area (Å²) in [6, 6.07) is 7.03. The highest BCUT2D eigenvalue weighted by atomic mass is 127. The summed E-state index contributed by atoms with van der Waals surface area (Å²) in [6.45, 7) is 2.82. The lowest BCUT2D eigenvalue weighted by Crippen LogP contribution is -2.05. The molecule has 1 rings (SSSR count). The van der Waals surface area contributed by atoms with Crippen molar-refractivity contribution in [3.63, 3.8) is 0 Å². The van der Waals surface area contributed by atoms with Crippen LogP contribution >= 0.6 is 22.6 Å². The zero-order valence-corrected chi connectivity index (χ0v) is 10.7. The molecule has 0 aliphatic carbocycles. The molecular formula is C11H13IO3. The molecule has 15 heavy (non-hydrogen) atoms. The Morgan fingerprint density at radius 1 is 1.47 bits per heavy atom. The van der Waals surface area contributed by atoms with Crippen LogP contribution in [0.1, 0.15) is 17.3 Å². The summed E-state index contributed by atoms with van der Waals surface area (Å²) in [4.78, 5) is 11.4. The van der Waals surface area contributed by atoms with Crippen LogP contribution in [-0.4, -0.2) is 23.6 Å². The van der Waals surface area contributed by atoms with Gasteiger partial charge in [-0.1, -0.05) is 28.7 Å². The third-order valence-electron chi connectivity index (χ3n) is 1.69. The van der Waals surface area contributed by atoms with E-state index in [4.69, 9.17) is 9.47 Å². The van der Waals surface area contributed by atoms with Crippen molar-refractivity contribution >= 4 is 28.6 Å². The van der Waals surface area contributed by atoms with Crippen molar-refractivity contribution in [3.8, 4) is 5.75 Å². The first-order valence-electron chi connectivity index (χ1n) is 4.74. The molecule has 0 aromatic heterocycles. The van der Waals surface area contributed by atoms with E-state index in [1.165, 1.54) is 0 Å². The molecule has 0 aliphatic rings. The van der Waals surface area contributed by atoms with E-state index in [1.54, 1.807) is 25.1 Å². The number of hydrogen-bond donors (Lipinski definition) is 0. The standard InChI is InChI=1S/C11H13IO3/c1-2-14-11(13)9-4-3-5-10(8-9)15-7-6-12/h3-5,8H,2,6-7H2,1H3. The Hall–Kier alpha value is -0.780. The quantitative estimate of drug-likeness (QED) is 0.475. The monoisotopic (exact) mass is 320 g/mol. The highest BCUT2D eigenvalue weighted by molar-refractivity contribution is 14.1. The molecule has 0 atom stereocenters. The van der Waals surface area contributed by atoms with Crippen LogP contribution in [-0.2, 0) is 4.74 Å². The van der Waals surface area contributed by atoms with Crippen molar-refractivity contribution in [2.45, 2.75) is 6.92 Å². The second kappa shape index (κ2) is 6.66. The lowest BCUT2D eigenvalue weighted by atomic mass is 10.2. The van der Waals surface area contributed by atoms with E-state index >= 15 is 0 Å². The highest BCUT2D eigenvalue weighted by Crippen LogP contribution is 2.14. The molecule has 0 N–H and O–H groups in total. The molecule has 1 aromatic carbocycles. The summed E-state index contributed by atoms with van der Waals surface area (Å²) >= 11 is 2.23. The first kappa shape index (κ1) is 12.3. The van der Waals surface area contributed by atoms with Crippen LogP contribution in [0.15, 0.2) is 24.3 Å². The van der Waals surface area contributed by atoms with Crippen LogP contribution in [0.25, 0.3) is 0 Å². The summed E-state index contributed by atoms with van der Waals surface area (Å²) in [5.74, 6) is 0.398. The molecule has 82 valence electrons. The van der Waals surface area contributed by atoms with E-state index in [1.807, 2.05) is 6.07 Å². The molecule has 0 spiro atoms. The maximum atomic E-state index is 11.4. The fourth-order valence-corrected chi connectivity index (χ4v) is 1.30. The van der Waals surface area contributed by atoms with Crippen molar-refractivity contribution in [1.82, 2.24) is 0 Å². The number of esters is 1. The number of ether oxygens (including phenoxy) is 2. The third-order valence-corrected chi connectivity index (χ3v) is 2.13. The van der Waals surface area contributed by atoms with Gasteiger partial charge in [0.15, 0.2) is 0 Å². The van der Waals surface area contributed by atoms with Crippen LogP contribution in [0.2, 0.25) is 0 Å². The van der Waals surface area contributed by atoms with Gasteiger partial charge in [-0.2, -0.15) is 0 Å². The molecule has 0 amide bonds. The maximum absolute atomic E-state index is 11.4. The summed E-state index contributed by atoms with van der Waals surface area (Å²) in [5.41, 5.74) is 0.530. The lowest BCUT2D eigenvalue weighted by molar-refractivity contribution is 0.0526. The predicted octanol–water partition coefficient (Wildman–Crippen LogP) is 2.68. The van der Waals surface area contributed by atoms with Gasteiger partial charge in [-0.05, 0) is 25.1 Å². The van der Waals surface area contributed by atoms with Crippen LogP contribution in [0, 0.1) is 0 Å². The largest absolute Gasteiger partial charge is 0.493 e. The van der Waals surface area contributed by atoms with E-state index < -0.39 is 0 Å². The average Bonchev–Trinajstić information content (AvgIpc) is 2.27. The fourth-order valence-electron chi connectivity index (χ4n) is 1.08. The first-order valence-corrected chi connectivity index (χ1v) is 6.26. The molecule has 0 unspecified atom stereocenters. The van der Waals surface area contributed by atoms with Crippen LogP contribution in [0.5, 0.6) is 5.75 Å². The lowest BCUT2D eigenvalue weighted by Gasteiger charge is -2.06. The molecule has 0 fully saturated rings. The van der Waals surface area contributed by atoms with Gasteiger partial charge >= 0.3 is 5.97 Å². The molecule has 0 saturated carbocycles. The second-order valence-corrected chi connectivity index (χ2v) is 3.86. The van der Waals surface area contributed by atoms with Crippen LogP contribution in [0.3, 0.4) is 0 Å². The Morgan fingerprint density at radius 3 is 2.93 bits per heavy atom. The molecule has 0 heterocycles. The van der Waals surface area contributed by atoms with E-state index in [0.717, 1.165) is 4.43 Å². The molecule has 1 aromatic rings. The minimum Gasteiger partial charge on any atom is -0.493 e. The average molecular weight is 320 g/mol. The predicted molar refractivity (Wildman–Crippen MR) is 66.8 cm³/mol. The van der Waals surface area contributed by atoms with Gasteiger partial charge in [-0.3, -0.25) is 0 Å². The molecule has 0 aliphatic heterocycles. The summed E-state index contributed by atoms with van der Waals surface area (Å²) in [5, 5.41) is 0. The maximum Gasteiger partial charge on any atom is 0.338 e. The molecular weight excluding hydrogens is 307 g/mol. The van der Waals surface area contributed by atoms with Gasteiger partial charge in [0, 0.05) is 4.43 Å². The number of carbonyl (C=O) groups is 1. The van der Waals surface area contributed by atoms with Crippen molar-refractivity contribution in [1.29, 1.82) is 0 Å². The van der Waals surface area contributed by atoms with Crippen LogP contribution < -0.4 is 4.74 Å². The van der Waals surface area contributed by atoms with Crippen molar-refractivity contribution in [2.24, 2.45) is 0 Å². The topological polar surface area (TPSA) is 35.5 Å². The van der Waals surface area contributed by atoms with Gasteiger partial charge in [0.25, 0.3) is 0 Å². The normalized spacial score (nSPS) is 9.73. The number of rotatable bonds is 5. The minimum absolute atomic E-state index is 0.308. The molecule has 0 bridgehead atoms. The smallest absolute Gasteiger partial charge is 0.338 e. The van der Waals surface area contributed by atoms with E-state index in [0.29, 0.717) is 24.5 Å². The molecule has 0 radical (unpaired) electrons. The Kier molecular flexibility index (Phi) is 5.45. The summed E-state index contributed by atoms with van der Waals surface area (Å²) in [6.07, 6.45) is 0. The Bertz CT molecular complexity index is 325. The highest BCUT2D eigenvalue weighted by Gasteiger charge is 2.06. The van der Waals surface area contributed by atoms with Crippen LogP contribution in [0.4, 0.5) is 0 Å². The fraction of sp³-hybridized carbons (Fsp3) is 0.364. The Labute approximate surface area is 103 Å².